The number of hydrogen-bond donors (Lipinski definition) is 1. The van der Waals surface area contributed by atoms with E-state index in [2.05, 4.69) is 41.8 Å². The van der Waals surface area contributed by atoms with Crippen molar-refractivity contribution in [3.8, 4) is 0 Å². The molecule has 1 aliphatic heterocycles. The number of nitrogens with one attached hydrogen (secondary N) is 1. The third kappa shape index (κ3) is 2.42. The van der Waals surface area contributed by atoms with Crippen molar-refractivity contribution < 1.29 is 4.79 Å². The number of hydrogen-bond acceptors (Lipinski definition) is 6. The molecule has 134 valence electrons. The first kappa shape index (κ1) is 15.3. The maximum absolute atomic E-state index is 12.3. The highest BCUT2D eigenvalue weighted by atomic mass is 16.2. The largest absolute Gasteiger partial charge is 0.348 e. The Kier molecular flexibility index (Phi) is 3.25. The number of rotatable bonds is 3. The smallest absolute Gasteiger partial charge is 0.271 e. The highest BCUT2D eigenvalue weighted by molar-refractivity contribution is 5.92. The van der Waals surface area contributed by atoms with E-state index in [1.165, 1.54) is 6.33 Å². The van der Waals surface area contributed by atoms with Crippen LogP contribution in [-0.2, 0) is 6.54 Å². The molecule has 1 fully saturated rings. The van der Waals surface area contributed by atoms with Crippen molar-refractivity contribution in [3.63, 3.8) is 0 Å². The predicted molar refractivity (Wildman–Crippen MR) is 94.0 cm³/mol. The summed E-state index contributed by atoms with van der Waals surface area (Å²) in [5.74, 6) is 2.34. The number of imidazole rings is 1. The van der Waals surface area contributed by atoms with Gasteiger partial charge in [0.2, 0.25) is 0 Å². The van der Waals surface area contributed by atoms with Crippen LogP contribution in [0.5, 0.6) is 0 Å². The van der Waals surface area contributed by atoms with Crippen LogP contribution in [0.4, 0.5) is 5.82 Å². The summed E-state index contributed by atoms with van der Waals surface area (Å²) in [5.41, 5.74) is 1.39. The number of carbonyl (C=O) groups is 1. The number of anilines is 1. The Hall–Kier alpha value is -2.97. The van der Waals surface area contributed by atoms with Crippen LogP contribution in [0.3, 0.4) is 0 Å². The van der Waals surface area contributed by atoms with E-state index in [9.17, 15) is 4.79 Å². The van der Waals surface area contributed by atoms with Gasteiger partial charge in [-0.2, -0.15) is 14.6 Å². The minimum atomic E-state index is -0.0772. The molecule has 0 unspecified atom stereocenters. The monoisotopic (exact) mass is 352 g/mol. The Morgan fingerprint density at radius 2 is 2.12 bits per heavy atom. The van der Waals surface area contributed by atoms with Crippen LogP contribution in [0, 0.1) is 6.92 Å². The van der Waals surface area contributed by atoms with Crippen molar-refractivity contribution in [2.24, 2.45) is 0 Å². The van der Waals surface area contributed by atoms with Gasteiger partial charge in [0.25, 0.3) is 11.7 Å². The molecule has 1 atom stereocenters. The summed E-state index contributed by atoms with van der Waals surface area (Å²) in [5, 5.41) is 7.31. The lowest BCUT2D eigenvalue weighted by Gasteiger charge is -2.35. The summed E-state index contributed by atoms with van der Waals surface area (Å²) < 4.78 is 3.83. The van der Waals surface area contributed by atoms with Crippen molar-refractivity contribution in [3.05, 3.63) is 35.8 Å². The van der Waals surface area contributed by atoms with Crippen LogP contribution in [0.1, 0.15) is 47.8 Å². The van der Waals surface area contributed by atoms with Crippen molar-refractivity contribution in [2.45, 2.75) is 45.3 Å². The lowest BCUT2D eigenvalue weighted by Crippen LogP contribution is -2.38. The second-order valence-electron chi connectivity index (χ2n) is 7.02. The molecule has 1 N–H and O–H groups in total. The van der Waals surface area contributed by atoms with E-state index in [4.69, 9.17) is 0 Å². The molecule has 0 aromatic carbocycles. The van der Waals surface area contributed by atoms with E-state index < -0.39 is 0 Å². The van der Waals surface area contributed by atoms with E-state index in [1.807, 2.05) is 19.2 Å². The lowest BCUT2D eigenvalue weighted by atomic mass is 10.2. The van der Waals surface area contributed by atoms with Crippen molar-refractivity contribution >= 4 is 17.5 Å². The number of aryl methyl sites for hydroxylation is 1. The van der Waals surface area contributed by atoms with Gasteiger partial charge >= 0.3 is 0 Å². The van der Waals surface area contributed by atoms with Crippen molar-refractivity contribution in [1.82, 2.24) is 34.4 Å². The molecule has 3 aromatic heterocycles. The summed E-state index contributed by atoms with van der Waals surface area (Å²) in [4.78, 5) is 27.8. The quantitative estimate of drug-likeness (QED) is 0.759. The number of carbonyl (C=O) groups excluding carboxylic acids is 1. The first-order chi connectivity index (χ1) is 12.6. The molecule has 0 bridgehead atoms. The van der Waals surface area contributed by atoms with E-state index >= 15 is 0 Å². The SMILES string of the molecule is Cc1cc(N2CCn3cc(C(=O)NC4CC4)nc3[C@@H]2C)n2ncnc2n1. The average molecular weight is 352 g/mol. The van der Waals surface area contributed by atoms with Gasteiger partial charge in [-0.3, -0.25) is 4.79 Å². The molecule has 1 amide bonds. The normalized spacial score (nSPS) is 19.6. The zero-order valence-corrected chi connectivity index (χ0v) is 14.8. The van der Waals surface area contributed by atoms with Crippen molar-refractivity contribution in [2.75, 3.05) is 11.4 Å². The second kappa shape index (κ2) is 5.52. The van der Waals surface area contributed by atoms with Crippen LogP contribution >= 0.6 is 0 Å². The molecule has 0 saturated heterocycles. The zero-order valence-electron chi connectivity index (χ0n) is 14.8. The summed E-state index contributed by atoms with van der Waals surface area (Å²) in [6.45, 7) is 5.61. The molecule has 4 heterocycles. The first-order valence-corrected chi connectivity index (χ1v) is 8.92. The van der Waals surface area contributed by atoms with E-state index in [1.54, 1.807) is 4.52 Å². The Balaban J connectivity index is 1.49. The topological polar surface area (TPSA) is 93.2 Å². The highest BCUT2D eigenvalue weighted by Crippen LogP contribution is 2.30. The standard InChI is InChI=1S/C17H20N8O/c1-10-7-14(25-17(20-10)18-9-19-25)24-6-5-23-8-13(22-15(23)11(24)2)16(26)21-12-3-4-12/h7-9,11-12H,3-6H2,1-2H3,(H,21,26)/t11-/m0/s1. The van der Waals surface area contributed by atoms with Crippen LogP contribution in [-0.4, -0.2) is 47.6 Å². The van der Waals surface area contributed by atoms with Gasteiger partial charge in [-0.15, -0.1) is 0 Å². The first-order valence-electron chi connectivity index (χ1n) is 8.92. The van der Waals surface area contributed by atoms with Crippen molar-refractivity contribution in [1.29, 1.82) is 0 Å². The minimum Gasteiger partial charge on any atom is -0.348 e. The van der Waals surface area contributed by atoms with Crippen LogP contribution in [0.15, 0.2) is 18.6 Å². The molecule has 1 saturated carbocycles. The number of fused-ring (bicyclic) bond motifs is 2. The van der Waals surface area contributed by atoms with Gasteiger partial charge in [0, 0.05) is 37.1 Å². The number of amides is 1. The summed E-state index contributed by atoms with van der Waals surface area (Å²) in [6, 6.07) is 2.35. The van der Waals surface area contributed by atoms with Gasteiger partial charge in [-0.1, -0.05) is 0 Å². The fourth-order valence-electron chi connectivity index (χ4n) is 3.52. The molecule has 0 spiro atoms. The van der Waals surface area contributed by atoms with Gasteiger partial charge < -0.3 is 14.8 Å². The fraction of sp³-hybridized carbons (Fsp3) is 0.471. The highest BCUT2D eigenvalue weighted by Gasteiger charge is 2.31. The lowest BCUT2D eigenvalue weighted by molar-refractivity contribution is 0.0946. The zero-order chi connectivity index (χ0) is 17.8. The van der Waals surface area contributed by atoms with Crippen LogP contribution in [0.25, 0.3) is 5.78 Å². The molecule has 3 aromatic rings. The number of nitrogens with zero attached hydrogens (tertiary/aromatic N) is 7. The Labute approximate surface area is 150 Å². The molecule has 26 heavy (non-hydrogen) atoms. The van der Waals surface area contributed by atoms with Crippen LogP contribution in [0.2, 0.25) is 0 Å². The molecular formula is C17H20N8O. The third-order valence-electron chi connectivity index (χ3n) is 5.03. The van der Waals surface area contributed by atoms with Gasteiger partial charge in [-0.25, -0.2) is 9.97 Å². The van der Waals surface area contributed by atoms with E-state index in [0.717, 1.165) is 43.3 Å². The number of aromatic nitrogens is 6. The summed E-state index contributed by atoms with van der Waals surface area (Å²) >= 11 is 0. The van der Waals surface area contributed by atoms with E-state index in [0.29, 0.717) is 17.5 Å². The van der Waals surface area contributed by atoms with Crippen LogP contribution < -0.4 is 10.2 Å². The maximum atomic E-state index is 12.3. The fourth-order valence-corrected chi connectivity index (χ4v) is 3.52. The maximum Gasteiger partial charge on any atom is 0.271 e. The molecule has 1 aliphatic carbocycles. The second-order valence-corrected chi connectivity index (χ2v) is 7.02. The molecule has 9 nitrogen and oxygen atoms in total. The molecular weight excluding hydrogens is 332 g/mol. The molecule has 0 radical (unpaired) electrons. The Bertz CT molecular complexity index is 1000. The van der Waals surface area contributed by atoms with Gasteiger partial charge in [0.05, 0.1) is 6.04 Å². The van der Waals surface area contributed by atoms with Gasteiger partial charge in [-0.05, 0) is 26.7 Å². The van der Waals surface area contributed by atoms with E-state index in [-0.39, 0.29) is 11.9 Å². The van der Waals surface area contributed by atoms with Gasteiger partial charge in [0.1, 0.15) is 23.7 Å². The summed E-state index contributed by atoms with van der Waals surface area (Å²) in [7, 11) is 0. The Morgan fingerprint density at radius 1 is 1.27 bits per heavy atom. The third-order valence-corrected chi connectivity index (χ3v) is 5.03. The van der Waals surface area contributed by atoms with Gasteiger partial charge in [0.15, 0.2) is 0 Å². The molecule has 2 aliphatic rings. The molecule has 5 rings (SSSR count). The average Bonchev–Trinajstić information content (AvgIpc) is 3.13. The summed E-state index contributed by atoms with van der Waals surface area (Å²) in [6.07, 6.45) is 5.52. The predicted octanol–water partition coefficient (Wildman–Crippen LogP) is 1.10. The minimum absolute atomic E-state index is 0.0143. The molecule has 9 heteroatoms. The Morgan fingerprint density at radius 3 is 2.92 bits per heavy atom.